The van der Waals surface area contributed by atoms with Crippen LogP contribution < -0.4 is 0 Å². The predicted octanol–water partition coefficient (Wildman–Crippen LogP) is 6.95. The average molecular weight is 392 g/mol. The van der Waals surface area contributed by atoms with E-state index in [2.05, 4.69) is 4.98 Å². The van der Waals surface area contributed by atoms with Gasteiger partial charge in [0.05, 0.1) is 5.69 Å². The van der Waals surface area contributed by atoms with Crippen LogP contribution in [0.4, 0.5) is 0 Å². The topological polar surface area (TPSA) is 52.1 Å². The molecule has 0 N–H and O–H groups in total. The molecule has 0 radical (unpaired) electrons. The summed E-state index contributed by atoms with van der Waals surface area (Å²) in [7, 11) is 0. The van der Waals surface area contributed by atoms with Gasteiger partial charge >= 0.3 is 0 Å². The molecule has 5 rings (SSSR count). The molecule has 4 heteroatoms. The summed E-state index contributed by atoms with van der Waals surface area (Å²) >= 11 is 0. The molecule has 0 unspecified atom stereocenters. The zero-order chi connectivity index (χ0) is 20.5. The molecule has 0 saturated carbocycles. The molecular weight excluding hydrogens is 372 g/mol. The first kappa shape index (κ1) is 18.1. The number of benzene rings is 3. The van der Waals surface area contributed by atoms with Crippen LogP contribution in [-0.4, -0.2) is 9.97 Å². The van der Waals surface area contributed by atoms with Crippen LogP contribution in [0.3, 0.4) is 0 Å². The molecule has 0 amide bonds. The summed E-state index contributed by atoms with van der Waals surface area (Å²) in [5.41, 5.74) is 5.63. The molecule has 2 aromatic heterocycles. The number of oxazole rings is 2. The van der Waals surface area contributed by atoms with Gasteiger partial charge in [-0.3, -0.25) is 0 Å². The fourth-order valence-corrected chi connectivity index (χ4v) is 3.52. The van der Waals surface area contributed by atoms with Crippen molar-refractivity contribution in [2.75, 3.05) is 0 Å². The third kappa shape index (κ3) is 3.33. The molecule has 0 spiro atoms. The molecule has 0 saturated heterocycles. The van der Waals surface area contributed by atoms with Gasteiger partial charge in [0.15, 0.2) is 5.76 Å². The molecule has 0 aliphatic rings. The van der Waals surface area contributed by atoms with Crippen molar-refractivity contribution in [3.63, 3.8) is 0 Å². The third-order valence-electron chi connectivity index (χ3n) is 5.06. The molecule has 0 aliphatic carbocycles. The van der Waals surface area contributed by atoms with Crippen molar-refractivity contribution >= 4 is 0 Å². The number of hydrogen-bond donors (Lipinski definition) is 0. The molecule has 0 aliphatic heterocycles. The van der Waals surface area contributed by atoms with Crippen LogP contribution in [0.1, 0.15) is 11.5 Å². The van der Waals surface area contributed by atoms with Gasteiger partial charge in [-0.1, -0.05) is 60.7 Å². The highest BCUT2D eigenvalue weighted by atomic mass is 16.4. The minimum Gasteiger partial charge on any atom is -0.441 e. The van der Waals surface area contributed by atoms with Crippen LogP contribution in [0.15, 0.2) is 93.8 Å². The second-order valence-corrected chi connectivity index (χ2v) is 7.17. The van der Waals surface area contributed by atoms with Gasteiger partial charge in [-0.15, -0.1) is 0 Å². The standard InChI is InChI=1S/C26H20N2O2/c1-17-24(20-11-7-4-8-12-20)30-25(27-17)21-13-15-22(16-14-21)26-28-23(18(2)29-26)19-9-5-3-6-10-19/h3-16H,1-2H3. The number of rotatable bonds is 4. The highest BCUT2D eigenvalue weighted by Gasteiger charge is 2.15. The highest BCUT2D eigenvalue weighted by molar-refractivity contribution is 5.68. The van der Waals surface area contributed by atoms with E-state index < -0.39 is 0 Å². The lowest BCUT2D eigenvalue weighted by Gasteiger charge is -1.99. The summed E-state index contributed by atoms with van der Waals surface area (Å²) in [5, 5.41) is 0. The zero-order valence-electron chi connectivity index (χ0n) is 16.8. The van der Waals surface area contributed by atoms with E-state index in [-0.39, 0.29) is 0 Å². The molecule has 0 fully saturated rings. The van der Waals surface area contributed by atoms with Crippen molar-refractivity contribution in [1.29, 1.82) is 0 Å². The quantitative estimate of drug-likeness (QED) is 0.332. The lowest BCUT2D eigenvalue weighted by Crippen LogP contribution is -1.82. The van der Waals surface area contributed by atoms with E-state index >= 15 is 0 Å². The Labute approximate surface area is 174 Å². The van der Waals surface area contributed by atoms with Crippen LogP contribution >= 0.6 is 0 Å². The van der Waals surface area contributed by atoms with E-state index in [1.54, 1.807) is 0 Å². The van der Waals surface area contributed by atoms with Crippen molar-refractivity contribution in [2.24, 2.45) is 0 Å². The monoisotopic (exact) mass is 392 g/mol. The highest BCUT2D eigenvalue weighted by Crippen LogP contribution is 2.32. The van der Waals surface area contributed by atoms with Crippen molar-refractivity contribution in [3.8, 4) is 45.5 Å². The predicted molar refractivity (Wildman–Crippen MR) is 118 cm³/mol. The molecular formula is C26H20N2O2. The summed E-state index contributed by atoms with van der Waals surface area (Å²) in [5.74, 6) is 2.81. The number of aromatic nitrogens is 2. The van der Waals surface area contributed by atoms with Gasteiger partial charge in [-0.05, 0) is 38.1 Å². The maximum atomic E-state index is 6.06. The molecule has 5 aromatic rings. The summed E-state index contributed by atoms with van der Waals surface area (Å²) in [6.07, 6.45) is 0. The van der Waals surface area contributed by atoms with E-state index in [1.807, 2.05) is 98.8 Å². The van der Waals surface area contributed by atoms with Crippen LogP contribution in [0.25, 0.3) is 45.5 Å². The molecule has 2 heterocycles. The van der Waals surface area contributed by atoms with Gasteiger partial charge in [-0.25, -0.2) is 9.97 Å². The van der Waals surface area contributed by atoms with E-state index in [0.29, 0.717) is 11.8 Å². The van der Waals surface area contributed by atoms with Gasteiger partial charge in [0.25, 0.3) is 0 Å². The van der Waals surface area contributed by atoms with Crippen molar-refractivity contribution < 1.29 is 8.83 Å². The maximum absolute atomic E-state index is 6.06. The fourth-order valence-electron chi connectivity index (χ4n) is 3.52. The largest absolute Gasteiger partial charge is 0.441 e. The first-order valence-electron chi connectivity index (χ1n) is 9.85. The van der Waals surface area contributed by atoms with Gasteiger partial charge in [0, 0.05) is 22.3 Å². The van der Waals surface area contributed by atoms with Crippen LogP contribution in [-0.2, 0) is 0 Å². The Bertz CT molecular complexity index is 1180. The van der Waals surface area contributed by atoms with E-state index in [9.17, 15) is 0 Å². The van der Waals surface area contributed by atoms with E-state index in [1.165, 1.54) is 0 Å². The molecule has 146 valence electrons. The first-order chi connectivity index (χ1) is 14.7. The van der Waals surface area contributed by atoms with Gasteiger partial charge in [-0.2, -0.15) is 0 Å². The second kappa shape index (κ2) is 7.48. The average Bonchev–Trinajstić information content (AvgIpc) is 3.38. The smallest absolute Gasteiger partial charge is 0.226 e. The minimum atomic E-state index is 0.603. The van der Waals surface area contributed by atoms with Crippen molar-refractivity contribution in [3.05, 3.63) is 96.4 Å². The van der Waals surface area contributed by atoms with E-state index in [4.69, 9.17) is 13.8 Å². The fraction of sp³-hybridized carbons (Fsp3) is 0.0769. The summed E-state index contributed by atoms with van der Waals surface area (Å²) in [6, 6.07) is 28.0. The Morgan fingerprint density at radius 2 is 1.07 bits per heavy atom. The van der Waals surface area contributed by atoms with Crippen LogP contribution in [0, 0.1) is 13.8 Å². The van der Waals surface area contributed by atoms with Crippen molar-refractivity contribution in [1.82, 2.24) is 9.97 Å². The Kier molecular flexibility index (Phi) is 4.52. The Morgan fingerprint density at radius 1 is 0.533 bits per heavy atom. The molecule has 0 bridgehead atoms. The number of nitrogens with zero attached hydrogens (tertiary/aromatic N) is 2. The van der Waals surface area contributed by atoms with E-state index in [0.717, 1.165) is 45.2 Å². The molecule has 30 heavy (non-hydrogen) atoms. The van der Waals surface area contributed by atoms with Crippen LogP contribution in [0.5, 0.6) is 0 Å². The van der Waals surface area contributed by atoms with Crippen molar-refractivity contribution in [2.45, 2.75) is 13.8 Å². The SMILES string of the molecule is Cc1nc(-c2ccc(-c3nc(-c4ccccc4)c(C)o3)cc2)oc1-c1ccccc1. The minimum absolute atomic E-state index is 0.603. The zero-order valence-corrected chi connectivity index (χ0v) is 16.8. The Morgan fingerprint density at radius 3 is 1.67 bits per heavy atom. The summed E-state index contributed by atoms with van der Waals surface area (Å²) < 4.78 is 12.0. The third-order valence-corrected chi connectivity index (χ3v) is 5.06. The molecule has 0 atom stereocenters. The van der Waals surface area contributed by atoms with Gasteiger partial charge in [0.1, 0.15) is 11.5 Å². The van der Waals surface area contributed by atoms with Gasteiger partial charge in [0.2, 0.25) is 11.8 Å². The number of aryl methyl sites for hydroxylation is 2. The lowest BCUT2D eigenvalue weighted by molar-refractivity contribution is 0.543. The first-order valence-corrected chi connectivity index (χ1v) is 9.85. The molecule has 3 aromatic carbocycles. The summed E-state index contributed by atoms with van der Waals surface area (Å²) in [4.78, 5) is 9.32. The molecule has 4 nitrogen and oxygen atoms in total. The van der Waals surface area contributed by atoms with Crippen LogP contribution in [0.2, 0.25) is 0 Å². The maximum Gasteiger partial charge on any atom is 0.226 e. The Hall–Kier alpha value is -3.92. The number of hydrogen-bond acceptors (Lipinski definition) is 4. The normalized spacial score (nSPS) is 11.0. The Balaban J connectivity index is 1.45. The lowest BCUT2D eigenvalue weighted by atomic mass is 10.1. The van der Waals surface area contributed by atoms with Gasteiger partial charge < -0.3 is 8.83 Å². The summed E-state index contributed by atoms with van der Waals surface area (Å²) in [6.45, 7) is 3.90. The second-order valence-electron chi connectivity index (χ2n) is 7.17.